The van der Waals surface area contributed by atoms with Gasteiger partial charge in [0.25, 0.3) is 5.91 Å². The first-order chi connectivity index (χ1) is 16.1. The molecule has 2 atom stereocenters. The van der Waals surface area contributed by atoms with Gasteiger partial charge in [-0.3, -0.25) is 14.6 Å². The molecule has 0 unspecified atom stereocenters. The number of hydrogen-bond acceptors (Lipinski definition) is 4. The van der Waals surface area contributed by atoms with Crippen LogP contribution in [-0.2, 0) is 11.3 Å². The molecule has 2 aromatic carbocycles. The molecule has 6 nitrogen and oxygen atoms in total. The van der Waals surface area contributed by atoms with Crippen LogP contribution in [0.15, 0.2) is 79.3 Å². The highest BCUT2D eigenvalue weighted by molar-refractivity contribution is 5.97. The lowest BCUT2D eigenvalue weighted by Gasteiger charge is -2.08. The summed E-state index contributed by atoms with van der Waals surface area (Å²) in [4.78, 5) is 32.7. The lowest BCUT2D eigenvalue weighted by molar-refractivity contribution is -0.117. The molecule has 33 heavy (non-hydrogen) atoms. The third kappa shape index (κ3) is 4.57. The van der Waals surface area contributed by atoms with Crippen LogP contribution in [0.3, 0.4) is 0 Å². The van der Waals surface area contributed by atoms with Crippen molar-refractivity contribution in [2.75, 3.05) is 5.32 Å². The van der Waals surface area contributed by atoms with Crippen LogP contribution >= 0.6 is 0 Å². The van der Waals surface area contributed by atoms with Gasteiger partial charge >= 0.3 is 0 Å². The molecule has 2 aromatic heterocycles. The number of halogens is 1. The van der Waals surface area contributed by atoms with Gasteiger partial charge < -0.3 is 10.6 Å². The van der Waals surface area contributed by atoms with E-state index in [9.17, 15) is 14.0 Å². The molecule has 1 aliphatic rings. The molecule has 0 saturated heterocycles. The van der Waals surface area contributed by atoms with Crippen LogP contribution in [0.25, 0.3) is 10.8 Å². The molecule has 2 amide bonds. The Balaban J connectivity index is 1.17. The fourth-order valence-corrected chi connectivity index (χ4v) is 3.96. The van der Waals surface area contributed by atoms with E-state index in [0.29, 0.717) is 11.1 Å². The number of carbonyl (C=O) groups excluding carboxylic acids is 2. The highest BCUT2D eigenvalue weighted by atomic mass is 19.1. The van der Waals surface area contributed by atoms with Gasteiger partial charge in [0.1, 0.15) is 0 Å². The van der Waals surface area contributed by atoms with E-state index in [1.807, 2.05) is 36.4 Å². The summed E-state index contributed by atoms with van der Waals surface area (Å²) in [5.74, 6) is -0.843. The number of aromatic nitrogens is 2. The monoisotopic (exact) mass is 440 g/mol. The molecule has 7 heteroatoms. The Morgan fingerprint density at radius 1 is 1.00 bits per heavy atom. The van der Waals surface area contributed by atoms with Gasteiger partial charge in [0.2, 0.25) is 11.9 Å². The standard InChI is InChI=1S/C26H21FN4O2/c27-24-20(2-1-10-29-24)15-30-25(32)17-5-3-16(4-6-17)22-13-23(22)26(33)31-21-8-7-19-14-28-11-9-18(19)12-21/h1-12,14,22-23H,13,15H2,(H,30,32)(H,31,33)/t22-,23+/m0/s1. The van der Waals surface area contributed by atoms with Crippen LogP contribution in [0.5, 0.6) is 0 Å². The van der Waals surface area contributed by atoms with Crippen LogP contribution in [0.1, 0.15) is 33.8 Å². The molecule has 164 valence electrons. The third-order valence-electron chi connectivity index (χ3n) is 5.91. The van der Waals surface area contributed by atoms with Crippen LogP contribution < -0.4 is 10.6 Å². The average Bonchev–Trinajstić information content (AvgIpc) is 3.65. The van der Waals surface area contributed by atoms with Gasteiger partial charge in [-0.05, 0) is 59.7 Å². The predicted octanol–water partition coefficient (Wildman–Crippen LogP) is 4.44. The molecular formula is C26H21FN4O2. The lowest BCUT2D eigenvalue weighted by Crippen LogP contribution is -2.23. The van der Waals surface area contributed by atoms with E-state index >= 15 is 0 Å². The number of nitrogens with one attached hydrogen (secondary N) is 2. The van der Waals surface area contributed by atoms with Crippen molar-refractivity contribution < 1.29 is 14.0 Å². The molecule has 2 N–H and O–H groups in total. The fraction of sp³-hybridized carbons (Fsp3) is 0.154. The fourth-order valence-electron chi connectivity index (χ4n) is 3.96. The number of pyridine rings is 2. The zero-order chi connectivity index (χ0) is 22.8. The highest BCUT2D eigenvalue weighted by Gasteiger charge is 2.43. The van der Waals surface area contributed by atoms with Gasteiger partial charge in [0, 0.05) is 53.3 Å². The molecule has 1 fully saturated rings. The molecule has 0 bridgehead atoms. The van der Waals surface area contributed by atoms with Crippen molar-refractivity contribution in [2.45, 2.75) is 18.9 Å². The van der Waals surface area contributed by atoms with E-state index < -0.39 is 5.95 Å². The number of carbonyl (C=O) groups is 2. The summed E-state index contributed by atoms with van der Waals surface area (Å²) in [5, 5.41) is 7.75. The zero-order valence-corrected chi connectivity index (χ0v) is 17.7. The third-order valence-corrected chi connectivity index (χ3v) is 5.91. The van der Waals surface area contributed by atoms with Crippen molar-refractivity contribution >= 4 is 28.3 Å². The Labute approximate surface area is 189 Å². The van der Waals surface area contributed by atoms with Gasteiger partial charge in [-0.2, -0.15) is 4.39 Å². The Bertz CT molecular complexity index is 1340. The smallest absolute Gasteiger partial charge is 0.251 e. The number of hydrogen-bond donors (Lipinski definition) is 2. The molecule has 4 aromatic rings. The maximum Gasteiger partial charge on any atom is 0.251 e. The first-order valence-electron chi connectivity index (χ1n) is 10.7. The molecule has 5 rings (SSSR count). The summed E-state index contributed by atoms with van der Waals surface area (Å²) < 4.78 is 13.6. The number of rotatable bonds is 6. The van der Waals surface area contributed by atoms with Crippen molar-refractivity contribution in [1.82, 2.24) is 15.3 Å². The molecule has 1 saturated carbocycles. The van der Waals surface area contributed by atoms with E-state index in [1.165, 1.54) is 6.20 Å². The first-order valence-corrected chi connectivity index (χ1v) is 10.7. The molecule has 2 heterocycles. The molecule has 0 aliphatic heterocycles. The van der Waals surface area contributed by atoms with Crippen molar-refractivity contribution in [2.24, 2.45) is 5.92 Å². The number of fused-ring (bicyclic) bond motifs is 1. The average molecular weight is 440 g/mol. The Kier molecular flexibility index (Phi) is 5.52. The molecular weight excluding hydrogens is 419 g/mol. The minimum atomic E-state index is -0.591. The number of benzene rings is 2. The van der Waals surface area contributed by atoms with Crippen molar-refractivity contribution in [1.29, 1.82) is 0 Å². The lowest BCUT2D eigenvalue weighted by atomic mass is 10.1. The van der Waals surface area contributed by atoms with Gasteiger partial charge in [0.15, 0.2) is 0 Å². The minimum absolute atomic E-state index is 0.00581. The second-order valence-electron chi connectivity index (χ2n) is 8.13. The van der Waals surface area contributed by atoms with Crippen LogP contribution in [0.4, 0.5) is 10.1 Å². The van der Waals surface area contributed by atoms with Crippen molar-refractivity contribution in [3.63, 3.8) is 0 Å². The first kappa shape index (κ1) is 20.8. The topological polar surface area (TPSA) is 84.0 Å². The van der Waals surface area contributed by atoms with Crippen LogP contribution in [0.2, 0.25) is 0 Å². The van der Waals surface area contributed by atoms with Gasteiger partial charge in [-0.25, -0.2) is 4.98 Å². The summed E-state index contributed by atoms with van der Waals surface area (Å²) in [6.07, 6.45) is 5.66. The van der Waals surface area contributed by atoms with E-state index in [0.717, 1.165) is 28.4 Å². The quantitative estimate of drug-likeness (QED) is 0.434. The van der Waals surface area contributed by atoms with E-state index in [4.69, 9.17) is 0 Å². The van der Waals surface area contributed by atoms with E-state index in [2.05, 4.69) is 20.6 Å². The summed E-state index contributed by atoms with van der Waals surface area (Å²) in [7, 11) is 0. The zero-order valence-electron chi connectivity index (χ0n) is 17.7. The minimum Gasteiger partial charge on any atom is -0.348 e. The second kappa shape index (κ2) is 8.78. The maximum absolute atomic E-state index is 13.6. The number of amides is 2. The highest BCUT2D eigenvalue weighted by Crippen LogP contribution is 2.48. The van der Waals surface area contributed by atoms with Gasteiger partial charge in [-0.1, -0.05) is 24.3 Å². The number of nitrogens with zero attached hydrogens (tertiary/aromatic N) is 2. The molecule has 0 radical (unpaired) electrons. The Hall–Kier alpha value is -4.13. The van der Waals surface area contributed by atoms with E-state index in [1.54, 1.807) is 36.7 Å². The maximum atomic E-state index is 13.6. The molecule has 0 spiro atoms. The van der Waals surface area contributed by atoms with Gasteiger partial charge in [0.05, 0.1) is 0 Å². The molecule has 1 aliphatic carbocycles. The number of anilines is 1. The summed E-state index contributed by atoms with van der Waals surface area (Å²) in [6.45, 7) is 0.0659. The van der Waals surface area contributed by atoms with E-state index in [-0.39, 0.29) is 30.2 Å². The summed E-state index contributed by atoms with van der Waals surface area (Å²) >= 11 is 0. The Morgan fingerprint density at radius 3 is 2.67 bits per heavy atom. The largest absolute Gasteiger partial charge is 0.348 e. The van der Waals surface area contributed by atoms with Crippen molar-refractivity contribution in [3.05, 3.63) is 102 Å². The summed E-state index contributed by atoms with van der Waals surface area (Å²) in [6, 6.07) is 18.1. The van der Waals surface area contributed by atoms with Gasteiger partial charge in [-0.15, -0.1) is 0 Å². The SMILES string of the molecule is O=C(NCc1cccnc1F)c1ccc([C@@H]2C[C@H]2C(=O)Nc2ccc3cnccc3c2)cc1. The van der Waals surface area contributed by atoms with Crippen LogP contribution in [-0.4, -0.2) is 21.8 Å². The summed E-state index contributed by atoms with van der Waals surface area (Å²) in [5.41, 5.74) is 2.60. The Morgan fingerprint density at radius 2 is 1.85 bits per heavy atom. The van der Waals surface area contributed by atoms with Crippen LogP contribution in [0, 0.1) is 11.9 Å². The van der Waals surface area contributed by atoms with Crippen molar-refractivity contribution in [3.8, 4) is 0 Å². The predicted molar refractivity (Wildman–Crippen MR) is 123 cm³/mol. The normalized spacial score (nSPS) is 16.9. The second-order valence-corrected chi connectivity index (χ2v) is 8.13.